The minimum Gasteiger partial charge on any atom is -0.493 e. The SMILES string of the molecule is CCCn1ncc(OC)c1C(C)=CCCNCC(C)C. The number of hydrogen-bond acceptors (Lipinski definition) is 3. The molecular formula is C16H29N3O. The number of aromatic nitrogens is 2. The topological polar surface area (TPSA) is 39.1 Å². The Morgan fingerprint density at radius 1 is 1.50 bits per heavy atom. The molecule has 0 aliphatic heterocycles. The van der Waals surface area contributed by atoms with Gasteiger partial charge in [0.05, 0.1) is 13.3 Å². The van der Waals surface area contributed by atoms with Crippen molar-refractivity contribution >= 4 is 5.57 Å². The minimum absolute atomic E-state index is 0.700. The Morgan fingerprint density at radius 3 is 2.85 bits per heavy atom. The lowest BCUT2D eigenvalue weighted by Gasteiger charge is -2.09. The molecule has 1 heterocycles. The van der Waals surface area contributed by atoms with E-state index in [1.165, 1.54) is 5.57 Å². The standard InChI is InChI=1S/C16H29N3O/c1-6-10-19-16(15(20-5)12-18-19)14(4)8-7-9-17-11-13(2)3/h8,12-13,17H,6-7,9-11H2,1-5H3. The highest BCUT2D eigenvalue weighted by Gasteiger charge is 2.12. The zero-order valence-electron chi connectivity index (χ0n) is 13.6. The van der Waals surface area contributed by atoms with Gasteiger partial charge in [0, 0.05) is 6.54 Å². The fourth-order valence-corrected chi connectivity index (χ4v) is 2.17. The first-order chi connectivity index (χ1) is 9.60. The van der Waals surface area contributed by atoms with Gasteiger partial charge in [0.25, 0.3) is 0 Å². The van der Waals surface area contributed by atoms with Gasteiger partial charge in [-0.3, -0.25) is 4.68 Å². The van der Waals surface area contributed by atoms with Crippen molar-refractivity contribution in [1.82, 2.24) is 15.1 Å². The summed E-state index contributed by atoms with van der Waals surface area (Å²) in [6, 6.07) is 0. The van der Waals surface area contributed by atoms with E-state index in [-0.39, 0.29) is 0 Å². The molecule has 0 spiro atoms. The molecule has 0 amide bonds. The number of ether oxygens (including phenoxy) is 1. The van der Waals surface area contributed by atoms with Crippen LogP contribution in [0, 0.1) is 5.92 Å². The van der Waals surface area contributed by atoms with E-state index >= 15 is 0 Å². The number of hydrogen-bond donors (Lipinski definition) is 1. The predicted molar refractivity (Wildman–Crippen MR) is 85.0 cm³/mol. The van der Waals surface area contributed by atoms with Crippen molar-refractivity contribution in [3.8, 4) is 5.75 Å². The molecule has 0 saturated carbocycles. The van der Waals surface area contributed by atoms with Crippen LogP contribution in [0.1, 0.15) is 46.2 Å². The Bertz CT molecular complexity index is 421. The molecule has 0 aromatic carbocycles. The van der Waals surface area contributed by atoms with Crippen LogP contribution in [0.25, 0.3) is 5.57 Å². The zero-order chi connectivity index (χ0) is 15.0. The molecule has 1 N–H and O–H groups in total. The van der Waals surface area contributed by atoms with Crippen LogP contribution in [-0.4, -0.2) is 30.0 Å². The maximum absolute atomic E-state index is 5.41. The summed E-state index contributed by atoms with van der Waals surface area (Å²) in [5, 5.41) is 7.86. The molecule has 1 aromatic heterocycles. The summed E-state index contributed by atoms with van der Waals surface area (Å²) in [5.74, 6) is 1.56. The molecule has 1 rings (SSSR count). The fourth-order valence-electron chi connectivity index (χ4n) is 2.17. The number of methoxy groups -OCH3 is 1. The number of aryl methyl sites for hydroxylation is 1. The largest absolute Gasteiger partial charge is 0.493 e. The van der Waals surface area contributed by atoms with E-state index in [0.29, 0.717) is 5.92 Å². The van der Waals surface area contributed by atoms with E-state index in [9.17, 15) is 0 Å². The molecule has 0 radical (unpaired) electrons. The van der Waals surface area contributed by atoms with Crippen LogP contribution < -0.4 is 10.1 Å². The van der Waals surface area contributed by atoms with Gasteiger partial charge < -0.3 is 10.1 Å². The quantitative estimate of drug-likeness (QED) is 0.705. The van der Waals surface area contributed by atoms with Gasteiger partial charge in [-0.25, -0.2) is 0 Å². The van der Waals surface area contributed by atoms with E-state index in [0.717, 1.165) is 43.9 Å². The Balaban J connectivity index is 2.65. The van der Waals surface area contributed by atoms with Gasteiger partial charge in [-0.1, -0.05) is 26.8 Å². The molecule has 1 aromatic rings. The molecule has 114 valence electrons. The summed E-state index contributed by atoms with van der Waals surface area (Å²) in [6.07, 6.45) is 6.17. The average molecular weight is 279 g/mol. The second-order valence-electron chi connectivity index (χ2n) is 5.56. The molecule has 20 heavy (non-hydrogen) atoms. The van der Waals surface area contributed by atoms with Crippen molar-refractivity contribution in [3.63, 3.8) is 0 Å². The van der Waals surface area contributed by atoms with Crippen molar-refractivity contribution in [2.45, 2.75) is 47.1 Å². The van der Waals surface area contributed by atoms with Crippen molar-refractivity contribution in [2.75, 3.05) is 20.2 Å². The van der Waals surface area contributed by atoms with Gasteiger partial charge in [-0.2, -0.15) is 5.10 Å². The lowest BCUT2D eigenvalue weighted by Crippen LogP contribution is -2.20. The third-order valence-corrected chi connectivity index (χ3v) is 3.16. The summed E-state index contributed by atoms with van der Waals surface area (Å²) in [5.41, 5.74) is 2.34. The number of allylic oxidation sites excluding steroid dienone is 1. The predicted octanol–water partition coefficient (Wildman–Crippen LogP) is 3.34. The minimum atomic E-state index is 0.700. The zero-order valence-corrected chi connectivity index (χ0v) is 13.6. The highest BCUT2D eigenvalue weighted by molar-refractivity contribution is 5.65. The second kappa shape index (κ2) is 8.80. The van der Waals surface area contributed by atoms with E-state index in [4.69, 9.17) is 4.74 Å². The van der Waals surface area contributed by atoms with Crippen molar-refractivity contribution in [1.29, 1.82) is 0 Å². The van der Waals surface area contributed by atoms with Gasteiger partial charge in [0.2, 0.25) is 0 Å². The van der Waals surface area contributed by atoms with Crippen LogP contribution in [0.2, 0.25) is 0 Å². The van der Waals surface area contributed by atoms with E-state index in [2.05, 4.69) is 44.2 Å². The smallest absolute Gasteiger partial charge is 0.164 e. The van der Waals surface area contributed by atoms with E-state index in [1.807, 2.05) is 4.68 Å². The molecule has 0 unspecified atom stereocenters. The van der Waals surface area contributed by atoms with Gasteiger partial charge in [0.15, 0.2) is 5.75 Å². The molecule has 0 aliphatic rings. The van der Waals surface area contributed by atoms with Crippen LogP contribution >= 0.6 is 0 Å². The number of nitrogens with one attached hydrogen (secondary N) is 1. The summed E-state index contributed by atoms with van der Waals surface area (Å²) in [4.78, 5) is 0. The normalized spacial score (nSPS) is 12.2. The maximum atomic E-state index is 5.41. The Hall–Kier alpha value is -1.29. The van der Waals surface area contributed by atoms with Crippen molar-refractivity contribution in [2.24, 2.45) is 5.92 Å². The molecule has 0 saturated heterocycles. The Morgan fingerprint density at radius 2 is 2.25 bits per heavy atom. The summed E-state index contributed by atoms with van der Waals surface area (Å²) >= 11 is 0. The average Bonchev–Trinajstić information content (AvgIpc) is 2.81. The first-order valence-corrected chi connectivity index (χ1v) is 7.57. The number of nitrogens with zero attached hydrogens (tertiary/aromatic N) is 2. The maximum Gasteiger partial charge on any atom is 0.164 e. The van der Waals surface area contributed by atoms with E-state index < -0.39 is 0 Å². The van der Waals surface area contributed by atoms with Crippen LogP contribution in [0.5, 0.6) is 5.75 Å². The molecule has 0 bridgehead atoms. The third kappa shape index (κ3) is 5.00. The first-order valence-electron chi connectivity index (χ1n) is 7.57. The van der Waals surface area contributed by atoms with Crippen LogP contribution in [0.3, 0.4) is 0 Å². The third-order valence-electron chi connectivity index (χ3n) is 3.16. The van der Waals surface area contributed by atoms with Crippen molar-refractivity contribution in [3.05, 3.63) is 18.0 Å². The molecular weight excluding hydrogens is 250 g/mol. The first kappa shape index (κ1) is 16.8. The molecule has 0 aliphatic carbocycles. The van der Waals surface area contributed by atoms with Gasteiger partial charge in [-0.05, 0) is 44.3 Å². The molecule has 4 heteroatoms. The number of rotatable bonds is 9. The Kier molecular flexibility index (Phi) is 7.37. The van der Waals surface area contributed by atoms with Crippen LogP contribution in [0.15, 0.2) is 12.3 Å². The summed E-state index contributed by atoms with van der Waals surface area (Å²) in [7, 11) is 1.70. The highest BCUT2D eigenvalue weighted by Crippen LogP contribution is 2.25. The fraction of sp³-hybridized carbons (Fsp3) is 0.688. The molecule has 0 atom stereocenters. The van der Waals surface area contributed by atoms with Crippen molar-refractivity contribution < 1.29 is 4.74 Å². The van der Waals surface area contributed by atoms with Crippen LogP contribution in [0.4, 0.5) is 0 Å². The van der Waals surface area contributed by atoms with Gasteiger partial charge >= 0.3 is 0 Å². The lowest BCUT2D eigenvalue weighted by atomic mass is 10.1. The highest BCUT2D eigenvalue weighted by atomic mass is 16.5. The lowest BCUT2D eigenvalue weighted by molar-refractivity contribution is 0.412. The van der Waals surface area contributed by atoms with Gasteiger partial charge in [0.1, 0.15) is 5.69 Å². The van der Waals surface area contributed by atoms with Crippen LogP contribution in [-0.2, 0) is 6.54 Å². The Labute approximate surface area is 123 Å². The molecule has 4 nitrogen and oxygen atoms in total. The van der Waals surface area contributed by atoms with E-state index in [1.54, 1.807) is 13.3 Å². The van der Waals surface area contributed by atoms with Gasteiger partial charge in [-0.15, -0.1) is 0 Å². The second-order valence-corrected chi connectivity index (χ2v) is 5.56. The summed E-state index contributed by atoms with van der Waals surface area (Å²) in [6.45, 7) is 11.8. The monoisotopic (exact) mass is 279 g/mol. The summed E-state index contributed by atoms with van der Waals surface area (Å²) < 4.78 is 7.45. The molecule has 0 fully saturated rings.